The smallest absolute Gasteiger partial charge is 0.254 e. The molecule has 0 saturated carbocycles. The highest BCUT2D eigenvalue weighted by Crippen LogP contribution is 2.13. The summed E-state index contributed by atoms with van der Waals surface area (Å²) in [4.78, 5) is 17.5. The number of aromatic nitrogens is 1. The van der Waals surface area contributed by atoms with E-state index in [9.17, 15) is 9.90 Å². The van der Waals surface area contributed by atoms with Crippen LogP contribution in [-0.2, 0) is 0 Å². The van der Waals surface area contributed by atoms with Crippen molar-refractivity contribution >= 4 is 28.5 Å². The monoisotopic (exact) mass is 334 g/mol. The molecule has 4 nitrogen and oxygen atoms in total. The van der Waals surface area contributed by atoms with Gasteiger partial charge in [-0.25, -0.2) is 0 Å². The van der Waals surface area contributed by atoms with Gasteiger partial charge in [-0.05, 0) is 42.5 Å². The molecule has 1 N–H and O–H groups in total. The van der Waals surface area contributed by atoms with E-state index in [1.807, 2.05) is 0 Å². The van der Waals surface area contributed by atoms with Gasteiger partial charge < -0.3 is 10.0 Å². The van der Waals surface area contributed by atoms with E-state index in [0.29, 0.717) is 12.1 Å². The Hall–Kier alpha value is -0.690. The average Bonchev–Trinajstić information content (AvgIpc) is 2.15. The van der Waals surface area contributed by atoms with Crippen molar-refractivity contribution in [3.05, 3.63) is 27.6 Å². The zero-order valence-corrected chi connectivity index (χ0v) is 11.7. The first-order chi connectivity index (χ1) is 7.31. The lowest BCUT2D eigenvalue weighted by molar-refractivity contribution is 0.0367. The molecule has 1 rings (SSSR count). The minimum Gasteiger partial charge on any atom is -0.389 e. The van der Waals surface area contributed by atoms with E-state index < -0.39 is 5.60 Å². The van der Waals surface area contributed by atoms with Gasteiger partial charge in [0.1, 0.15) is 0 Å². The molecule has 1 heterocycles. The van der Waals surface area contributed by atoms with Crippen molar-refractivity contribution in [2.24, 2.45) is 0 Å². The fourth-order valence-electron chi connectivity index (χ4n) is 1.41. The molecule has 0 bridgehead atoms. The Kier molecular flexibility index (Phi) is 4.26. The number of rotatable bonds is 3. The number of carbonyl (C=O) groups excluding carboxylic acids is 1. The Balaban J connectivity index is 2.83. The summed E-state index contributed by atoms with van der Waals surface area (Å²) in [7, 11) is 1.68. The zero-order chi connectivity index (χ0) is 12.3. The van der Waals surface area contributed by atoms with Crippen LogP contribution >= 0.6 is 22.6 Å². The third-order valence-electron chi connectivity index (χ3n) is 1.97. The lowest BCUT2D eigenvalue weighted by Gasteiger charge is -2.25. The molecule has 16 heavy (non-hydrogen) atoms. The number of aliphatic hydroxyl groups is 1. The Morgan fingerprint density at radius 3 is 2.75 bits per heavy atom. The lowest BCUT2D eigenvalue weighted by atomic mass is 10.1. The maximum atomic E-state index is 12.0. The van der Waals surface area contributed by atoms with Crippen LogP contribution in [0.25, 0.3) is 0 Å². The molecule has 0 aromatic carbocycles. The quantitative estimate of drug-likeness (QED) is 0.853. The Morgan fingerprint density at radius 1 is 1.62 bits per heavy atom. The second-order valence-corrected chi connectivity index (χ2v) is 5.49. The molecule has 0 aliphatic heterocycles. The van der Waals surface area contributed by atoms with E-state index in [1.165, 1.54) is 4.90 Å². The summed E-state index contributed by atoms with van der Waals surface area (Å²) in [5, 5.41) is 9.65. The lowest BCUT2D eigenvalue weighted by Crippen LogP contribution is -2.39. The minimum atomic E-state index is -0.886. The minimum absolute atomic E-state index is 0.103. The molecule has 88 valence electrons. The van der Waals surface area contributed by atoms with Crippen LogP contribution in [0, 0.1) is 3.57 Å². The second kappa shape index (κ2) is 5.09. The van der Waals surface area contributed by atoms with Crippen LogP contribution in [0.1, 0.15) is 24.2 Å². The molecule has 0 unspecified atom stereocenters. The first-order valence-corrected chi connectivity index (χ1v) is 5.96. The van der Waals surface area contributed by atoms with Crippen LogP contribution in [0.5, 0.6) is 0 Å². The first kappa shape index (κ1) is 13.4. The summed E-state index contributed by atoms with van der Waals surface area (Å²) < 4.78 is 0.813. The molecular weight excluding hydrogens is 319 g/mol. The molecule has 0 fully saturated rings. The fraction of sp³-hybridized carbons (Fsp3) is 0.455. The molecule has 0 saturated heterocycles. The van der Waals surface area contributed by atoms with Gasteiger partial charge in [0.15, 0.2) is 0 Å². The van der Waals surface area contributed by atoms with Crippen LogP contribution < -0.4 is 0 Å². The van der Waals surface area contributed by atoms with Gasteiger partial charge in [0.25, 0.3) is 5.91 Å². The summed E-state index contributed by atoms with van der Waals surface area (Å²) >= 11 is 2.07. The predicted octanol–water partition coefficient (Wildman–Crippen LogP) is 1.53. The topological polar surface area (TPSA) is 53.4 Å². The largest absolute Gasteiger partial charge is 0.389 e. The Bertz CT molecular complexity index is 388. The summed E-state index contributed by atoms with van der Waals surface area (Å²) in [6.45, 7) is 3.65. The van der Waals surface area contributed by atoms with Crippen LogP contribution in [0.2, 0.25) is 0 Å². The van der Waals surface area contributed by atoms with Gasteiger partial charge >= 0.3 is 0 Å². The number of amides is 1. The molecular formula is C11H15IN2O2. The normalized spacial score (nSPS) is 11.3. The van der Waals surface area contributed by atoms with E-state index in [4.69, 9.17) is 0 Å². The van der Waals surface area contributed by atoms with E-state index >= 15 is 0 Å². The third-order valence-corrected chi connectivity index (χ3v) is 2.83. The van der Waals surface area contributed by atoms with Crippen LogP contribution in [0.3, 0.4) is 0 Å². The highest BCUT2D eigenvalue weighted by molar-refractivity contribution is 14.1. The third kappa shape index (κ3) is 3.71. The van der Waals surface area contributed by atoms with Gasteiger partial charge in [0.05, 0.1) is 11.2 Å². The molecule has 0 atom stereocenters. The highest BCUT2D eigenvalue weighted by Gasteiger charge is 2.21. The van der Waals surface area contributed by atoms with Gasteiger partial charge in [-0.3, -0.25) is 9.78 Å². The number of carbonyl (C=O) groups is 1. The molecule has 5 heteroatoms. The van der Waals surface area contributed by atoms with Crippen molar-refractivity contribution in [2.75, 3.05) is 13.6 Å². The molecule has 1 aromatic heterocycles. The van der Waals surface area contributed by atoms with Crippen molar-refractivity contribution < 1.29 is 9.90 Å². The summed E-state index contributed by atoms with van der Waals surface area (Å²) in [6.07, 6.45) is 3.24. The summed E-state index contributed by atoms with van der Waals surface area (Å²) in [6, 6.07) is 1.69. The van der Waals surface area contributed by atoms with Crippen LogP contribution in [0.15, 0.2) is 18.5 Å². The zero-order valence-electron chi connectivity index (χ0n) is 9.57. The summed E-state index contributed by atoms with van der Waals surface area (Å²) in [5.41, 5.74) is -0.273. The van der Waals surface area contributed by atoms with Gasteiger partial charge in [-0.1, -0.05) is 0 Å². The van der Waals surface area contributed by atoms with Crippen molar-refractivity contribution in [2.45, 2.75) is 19.4 Å². The van der Waals surface area contributed by atoms with E-state index in [-0.39, 0.29) is 5.91 Å². The average molecular weight is 334 g/mol. The fourth-order valence-corrected chi connectivity index (χ4v) is 1.98. The van der Waals surface area contributed by atoms with Crippen LogP contribution in [-0.4, -0.2) is 40.1 Å². The van der Waals surface area contributed by atoms with Crippen molar-refractivity contribution in [3.63, 3.8) is 0 Å². The van der Waals surface area contributed by atoms with Crippen molar-refractivity contribution in [1.82, 2.24) is 9.88 Å². The molecule has 1 aromatic rings. The van der Waals surface area contributed by atoms with E-state index in [1.54, 1.807) is 39.4 Å². The van der Waals surface area contributed by atoms with Gasteiger partial charge in [-0.2, -0.15) is 0 Å². The van der Waals surface area contributed by atoms with E-state index in [2.05, 4.69) is 27.6 Å². The molecule has 0 aliphatic carbocycles. The van der Waals surface area contributed by atoms with Crippen molar-refractivity contribution in [1.29, 1.82) is 0 Å². The SMILES string of the molecule is CN(CC(C)(C)O)C(=O)c1ccncc1I. The number of likely N-dealkylation sites (N-methyl/N-ethyl adjacent to an activating group) is 1. The Morgan fingerprint density at radius 2 is 2.25 bits per heavy atom. The highest BCUT2D eigenvalue weighted by atomic mass is 127. The van der Waals surface area contributed by atoms with Gasteiger partial charge in [-0.15, -0.1) is 0 Å². The maximum absolute atomic E-state index is 12.0. The Labute approximate surface area is 109 Å². The second-order valence-electron chi connectivity index (χ2n) is 4.33. The predicted molar refractivity (Wildman–Crippen MR) is 70.2 cm³/mol. The number of hydrogen-bond acceptors (Lipinski definition) is 3. The van der Waals surface area contributed by atoms with Gasteiger partial charge in [0.2, 0.25) is 0 Å². The molecule has 0 radical (unpaired) electrons. The molecule has 0 aliphatic rings. The van der Waals surface area contributed by atoms with Crippen molar-refractivity contribution in [3.8, 4) is 0 Å². The number of nitrogens with zero attached hydrogens (tertiary/aromatic N) is 2. The standard InChI is InChI=1S/C11H15IN2O2/c1-11(2,16)7-14(3)10(15)8-4-5-13-6-9(8)12/h4-6,16H,7H2,1-3H3. The number of hydrogen-bond donors (Lipinski definition) is 1. The number of halogens is 1. The maximum Gasteiger partial charge on any atom is 0.254 e. The van der Waals surface area contributed by atoms with Gasteiger partial charge in [0, 0.05) is 29.6 Å². The summed E-state index contributed by atoms with van der Waals surface area (Å²) in [5.74, 6) is -0.103. The molecule has 0 spiro atoms. The van der Waals surface area contributed by atoms with E-state index in [0.717, 1.165) is 3.57 Å². The first-order valence-electron chi connectivity index (χ1n) is 4.88. The number of pyridine rings is 1. The van der Waals surface area contributed by atoms with Crippen LogP contribution in [0.4, 0.5) is 0 Å². The molecule has 1 amide bonds.